The maximum atomic E-state index is 10.6. The molecule has 0 bridgehead atoms. The van der Waals surface area contributed by atoms with Gasteiger partial charge in [-0.3, -0.25) is 0 Å². The fourth-order valence-corrected chi connectivity index (χ4v) is 1.47. The Morgan fingerprint density at radius 1 is 1.22 bits per heavy atom. The van der Waals surface area contributed by atoms with Gasteiger partial charge in [-0.2, -0.15) is 0 Å². The van der Waals surface area contributed by atoms with Crippen molar-refractivity contribution in [3.63, 3.8) is 0 Å². The van der Waals surface area contributed by atoms with Crippen LogP contribution in [0.1, 0.15) is 27.8 Å². The van der Waals surface area contributed by atoms with Crippen LogP contribution in [0.3, 0.4) is 0 Å². The lowest BCUT2D eigenvalue weighted by molar-refractivity contribution is 0.0662. The Balaban J connectivity index is 2.06. The molecule has 2 heterocycles. The Morgan fingerprint density at radius 3 is 2.50 bits per heavy atom. The minimum atomic E-state index is -1.08. The lowest BCUT2D eigenvalue weighted by Crippen LogP contribution is -2.03. The van der Waals surface area contributed by atoms with Crippen molar-refractivity contribution in [2.24, 2.45) is 0 Å². The predicted molar refractivity (Wildman–Crippen MR) is 66.1 cm³/mol. The number of rotatable bonds is 5. The first kappa shape index (κ1) is 12.2. The molecule has 2 aromatic rings. The van der Waals surface area contributed by atoms with E-state index >= 15 is 0 Å². The van der Waals surface area contributed by atoms with Crippen LogP contribution >= 0.6 is 0 Å². The summed E-state index contributed by atoms with van der Waals surface area (Å²) in [6.45, 7) is 0.664. The molecule has 0 atom stereocenters. The molecule has 5 heteroatoms. The van der Waals surface area contributed by atoms with Gasteiger partial charge in [0.1, 0.15) is 17.3 Å². The van der Waals surface area contributed by atoms with Gasteiger partial charge in [-0.15, -0.1) is 0 Å². The lowest BCUT2D eigenvalue weighted by Gasteiger charge is -1.91. The standard InChI is InChI=1S/C13H13NO4/c1-14-8-11-5-4-9(17-11)2-3-10-6-7-12(18-10)13(15)16/h2-7,14H,8H2,1H3,(H,15,16)/b3-2-. The molecule has 5 nitrogen and oxygen atoms in total. The van der Waals surface area contributed by atoms with Crippen molar-refractivity contribution >= 4 is 18.1 Å². The van der Waals surface area contributed by atoms with Gasteiger partial charge in [-0.1, -0.05) is 0 Å². The molecule has 0 amide bonds. The van der Waals surface area contributed by atoms with Gasteiger partial charge in [0.25, 0.3) is 0 Å². The Labute approximate surface area is 104 Å². The Bertz CT molecular complexity index is 565. The molecular weight excluding hydrogens is 234 g/mol. The van der Waals surface area contributed by atoms with Gasteiger partial charge < -0.3 is 19.3 Å². The van der Waals surface area contributed by atoms with Crippen molar-refractivity contribution in [3.05, 3.63) is 47.3 Å². The van der Waals surface area contributed by atoms with E-state index in [1.54, 1.807) is 18.2 Å². The third-order valence-corrected chi connectivity index (χ3v) is 2.28. The van der Waals surface area contributed by atoms with Crippen LogP contribution in [0.5, 0.6) is 0 Å². The van der Waals surface area contributed by atoms with Crippen LogP contribution in [-0.2, 0) is 6.54 Å². The van der Waals surface area contributed by atoms with Crippen molar-refractivity contribution in [1.29, 1.82) is 0 Å². The van der Waals surface area contributed by atoms with Gasteiger partial charge in [-0.05, 0) is 43.5 Å². The van der Waals surface area contributed by atoms with Gasteiger partial charge in [0.05, 0.1) is 6.54 Å². The highest BCUT2D eigenvalue weighted by Gasteiger charge is 2.06. The first-order valence-corrected chi connectivity index (χ1v) is 5.43. The fraction of sp³-hybridized carbons (Fsp3) is 0.154. The highest BCUT2D eigenvalue weighted by molar-refractivity contribution is 5.84. The summed E-state index contributed by atoms with van der Waals surface area (Å²) in [5.41, 5.74) is 0. The largest absolute Gasteiger partial charge is 0.475 e. The molecule has 0 spiro atoms. The number of carbonyl (C=O) groups is 1. The summed E-state index contributed by atoms with van der Waals surface area (Å²) >= 11 is 0. The highest BCUT2D eigenvalue weighted by Crippen LogP contribution is 2.14. The molecule has 2 aromatic heterocycles. The van der Waals surface area contributed by atoms with E-state index in [1.807, 2.05) is 19.2 Å². The third kappa shape index (κ3) is 2.89. The van der Waals surface area contributed by atoms with Crippen LogP contribution < -0.4 is 5.32 Å². The smallest absolute Gasteiger partial charge is 0.371 e. The van der Waals surface area contributed by atoms with E-state index < -0.39 is 5.97 Å². The number of hydrogen-bond donors (Lipinski definition) is 2. The molecule has 94 valence electrons. The number of aromatic carboxylic acids is 1. The number of furan rings is 2. The van der Waals surface area contributed by atoms with Crippen molar-refractivity contribution in [2.75, 3.05) is 7.05 Å². The summed E-state index contributed by atoms with van der Waals surface area (Å²) in [5.74, 6) is 0.837. The van der Waals surface area contributed by atoms with E-state index in [4.69, 9.17) is 13.9 Å². The lowest BCUT2D eigenvalue weighted by atomic mass is 10.3. The van der Waals surface area contributed by atoms with Gasteiger partial charge in [0.15, 0.2) is 0 Å². The minimum absolute atomic E-state index is 0.0787. The zero-order valence-corrected chi connectivity index (χ0v) is 9.84. The Kier molecular flexibility index (Phi) is 3.64. The first-order valence-electron chi connectivity index (χ1n) is 5.43. The van der Waals surface area contributed by atoms with Crippen molar-refractivity contribution in [1.82, 2.24) is 5.32 Å². The summed E-state index contributed by atoms with van der Waals surface area (Å²) in [4.78, 5) is 10.6. The molecular formula is C13H13NO4. The highest BCUT2D eigenvalue weighted by atomic mass is 16.4. The maximum absolute atomic E-state index is 10.6. The van der Waals surface area contributed by atoms with Gasteiger partial charge in [-0.25, -0.2) is 4.79 Å². The van der Waals surface area contributed by atoms with E-state index in [0.29, 0.717) is 18.1 Å². The molecule has 0 aliphatic heterocycles. The van der Waals surface area contributed by atoms with Crippen LogP contribution in [0.15, 0.2) is 33.1 Å². The summed E-state index contributed by atoms with van der Waals surface area (Å²) in [5, 5.41) is 11.7. The quantitative estimate of drug-likeness (QED) is 0.848. The maximum Gasteiger partial charge on any atom is 0.371 e. The fourth-order valence-electron chi connectivity index (χ4n) is 1.47. The molecule has 0 saturated carbocycles. The zero-order valence-electron chi connectivity index (χ0n) is 9.84. The Hall–Kier alpha value is -2.27. The summed E-state index contributed by atoms with van der Waals surface area (Å²) in [6.07, 6.45) is 3.39. The average molecular weight is 247 g/mol. The average Bonchev–Trinajstić information content (AvgIpc) is 2.95. The van der Waals surface area contributed by atoms with Crippen LogP contribution in [0.25, 0.3) is 12.2 Å². The van der Waals surface area contributed by atoms with Crippen molar-refractivity contribution in [2.45, 2.75) is 6.54 Å². The van der Waals surface area contributed by atoms with E-state index in [1.165, 1.54) is 6.07 Å². The van der Waals surface area contributed by atoms with Crippen LogP contribution in [-0.4, -0.2) is 18.1 Å². The monoisotopic (exact) mass is 247 g/mol. The van der Waals surface area contributed by atoms with Crippen LogP contribution in [0, 0.1) is 0 Å². The molecule has 0 radical (unpaired) electrons. The molecule has 0 aromatic carbocycles. The number of hydrogen-bond acceptors (Lipinski definition) is 4. The summed E-state index contributed by atoms with van der Waals surface area (Å²) in [7, 11) is 1.84. The van der Waals surface area contributed by atoms with E-state index in [2.05, 4.69) is 5.32 Å². The summed E-state index contributed by atoms with van der Waals surface area (Å²) in [6, 6.07) is 6.72. The molecule has 2 rings (SSSR count). The van der Waals surface area contributed by atoms with Crippen molar-refractivity contribution in [3.8, 4) is 0 Å². The zero-order chi connectivity index (χ0) is 13.0. The molecule has 0 fully saturated rings. The van der Waals surface area contributed by atoms with E-state index in [0.717, 1.165) is 5.76 Å². The van der Waals surface area contributed by atoms with Gasteiger partial charge in [0, 0.05) is 0 Å². The Morgan fingerprint density at radius 2 is 1.89 bits per heavy atom. The van der Waals surface area contributed by atoms with Crippen LogP contribution in [0.2, 0.25) is 0 Å². The second kappa shape index (κ2) is 5.37. The van der Waals surface area contributed by atoms with Gasteiger partial charge >= 0.3 is 5.97 Å². The molecule has 0 aliphatic rings. The normalized spacial score (nSPS) is 11.2. The second-order valence-corrected chi connectivity index (χ2v) is 3.67. The number of nitrogens with one attached hydrogen (secondary N) is 1. The molecule has 0 aliphatic carbocycles. The SMILES string of the molecule is CNCc1ccc(/C=C\c2ccc(C(=O)O)o2)o1. The second-order valence-electron chi connectivity index (χ2n) is 3.67. The third-order valence-electron chi connectivity index (χ3n) is 2.28. The number of carboxylic acid groups (broad SMARTS) is 1. The molecule has 0 unspecified atom stereocenters. The van der Waals surface area contributed by atoms with Gasteiger partial charge in [0.2, 0.25) is 5.76 Å². The molecule has 2 N–H and O–H groups in total. The van der Waals surface area contributed by atoms with E-state index in [-0.39, 0.29) is 5.76 Å². The van der Waals surface area contributed by atoms with Crippen LogP contribution in [0.4, 0.5) is 0 Å². The first-order chi connectivity index (χ1) is 8.69. The predicted octanol–water partition coefficient (Wildman–Crippen LogP) is 2.46. The summed E-state index contributed by atoms with van der Waals surface area (Å²) < 4.78 is 10.6. The molecule has 18 heavy (non-hydrogen) atoms. The van der Waals surface area contributed by atoms with Crippen molar-refractivity contribution < 1.29 is 18.7 Å². The molecule has 0 saturated heterocycles. The van der Waals surface area contributed by atoms with E-state index in [9.17, 15) is 4.79 Å². The minimum Gasteiger partial charge on any atom is -0.475 e. The number of carboxylic acids is 1. The topological polar surface area (TPSA) is 75.6 Å².